The molecule has 1 N–H and O–H groups in total. The van der Waals surface area contributed by atoms with Gasteiger partial charge >= 0.3 is 0 Å². The molecule has 0 aliphatic carbocycles. The van der Waals surface area contributed by atoms with Crippen molar-refractivity contribution in [2.75, 3.05) is 20.2 Å². The van der Waals surface area contributed by atoms with Gasteiger partial charge in [0.05, 0.1) is 17.2 Å². The highest BCUT2D eigenvalue weighted by atomic mass is 35.5. The van der Waals surface area contributed by atoms with Crippen LogP contribution in [0.4, 0.5) is 0 Å². The van der Waals surface area contributed by atoms with Crippen LogP contribution in [0.5, 0.6) is 17.2 Å². The van der Waals surface area contributed by atoms with Crippen LogP contribution in [0.2, 0.25) is 10.0 Å². The van der Waals surface area contributed by atoms with Gasteiger partial charge in [-0.05, 0) is 37.6 Å². The molecule has 2 aromatic carbocycles. The number of para-hydroxylation sites is 2. The van der Waals surface area contributed by atoms with Crippen molar-refractivity contribution in [2.45, 2.75) is 31.8 Å². The van der Waals surface area contributed by atoms with Gasteiger partial charge in [0.25, 0.3) is 0 Å². The molecule has 7 heteroatoms. The second kappa shape index (κ2) is 9.02. The summed E-state index contributed by atoms with van der Waals surface area (Å²) < 4.78 is 17.4. The minimum Gasteiger partial charge on any atom is -0.493 e. The summed E-state index contributed by atoms with van der Waals surface area (Å²) in [6.45, 7) is 3.09. The highest BCUT2D eigenvalue weighted by Gasteiger charge is 2.33. The minimum atomic E-state index is -0.682. The summed E-state index contributed by atoms with van der Waals surface area (Å²) in [4.78, 5) is 2.07. The molecule has 1 fully saturated rings. The van der Waals surface area contributed by atoms with Gasteiger partial charge in [0.15, 0.2) is 17.7 Å². The first kappa shape index (κ1) is 20.1. The van der Waals surface area contributed by atoms with Crippen LogP contribution in [0.3, 0.4) is 0 Å². The lowest BCUT2D eigenvalue weighted by molar-refractivity contribution is -0.0519. The third-order valence-electron chi connectivity index (χ3n) is 4.46. The monoisotopic (exact) mass is 411 g/mol. The van der Waals surface area contributed by atoms with E-state index in [9.17, 15) is 5.11 Å². The number of rotatable bonds is 7. The molecule has 3 atom stereocenters. The van der Waals surface area contributed by atoms with Crippen molar-refractivity contribution in [2.24, 2.45) is 0 Å². The maximum atomic E-state index is 10.3. The van der Waals surface area contributed by atoms with E-state index in [1.165, 1.54) is 0 Å². The summed E-state index contributed by atoms with van der Waals surface area (Å²) in [6.07, 6.45) is -0.384. The Kier molecular flexibility index (Phi) is 6.71. The molecule has 3 unspecified atom stereocenters. The normalized spacial score (nSPS) is 19.5. The molecule has 1 heterocycles. The number of benzene rings is 2. The maximum Gasteiger partial charge on any atom is 0.178 e. The highest BCUT2D eigenvalue weighted by Crippen LogP contribution is 2.31. The number of nitrogens with zero attached hydrogens (tertiary/aromatic N) is 1. The van der Waals surface area contributed by atoms with Crippen LogP contribution in [0.15, 0.2) is 42.5 Å². The second-order valence-electron chi connectivity index (χ2n) is 6.50. The fourth-order valence-corrected chi connectivity index (χ4v) is 3.44. The molecule has 1 aliphatic heterocycles. The van der Waals surface area contributed by atoms with Gasteiger partial charge in [-0.3, -0.25) is 4.90 Å². The molecular weight excluding hydrogens is 389 g/mol. The Labute approximate surface area is 169 Å². The second-order valence-corrected chi connectivity index (χ2v) is 7.31. The SMILES string of the molecule is COc1ccccc1OC(C(C)O)N1CCC(Oc2ccc(Cl)c(Cl)c2)C1. The van der Waals surface area contributed by atoms with Crippen LogP contribution >= 0.6 is 23.2 Å². The van der Waals surface area contributed by atoms with Gasteiger partial charge in [-0.1, -0.05) is 35.3 Å². The maximum absolute atomic E-state index is 10.3. The fraction of sp³-hybridized carbons (Fsp3) is 0.400. The Morgan fingerprint density at radius 3 is 2.52 bits per heavy atom. The van der Waals surface area contributed by atoms with Crippen LogP contribution in [-0.4, -0.2) is 48.6 Å². The summed E-state index contributed by atoms with van der Waals surface area (Å²) in [6, 6.07) is 12.6. The number of hydrogen-bond acceptors (Lipinski definition) is 5. The molecule has 0 bridgehead atoms. The quantitative estimate of drug-likeness (QED) is 0.737. The van der Waals surface area contributed by atoms with Crippen molar-refractivity contribution in [1.29, 1.82) is 0 Å². The fourth-order valence-electron chi connectivity index (χ4n) is 3.15. The van der Waals surface area contributed by atoms with E-state index in [4.69, 9.17) is 37.4 Å². The molecule has 1 saturated heterocycles. The molecule has 3 rings (SSSR count). The summed E-state index contributed by atoms with van der Waals surface area (Å²) in [5.41, 5.74) is 0. The lowest BCUT2D eigenvalue weighted by Crippen LogP contribution is -2.46. The lowest BCUT2D eigenvalue weighted by atomic mass is 10.3. The largest absolute Gasteiger partial charge is 0.493 e. The van der Waals surface area contributed by atoms with Crippen molar-refractivity contribution in [3.8, 4) is 17.2 Å². The molecule has 1 aliphatic rings. The average Bonchev–Trinajstić information content (AvgIpc) is 3.10. The molecule has 146 valence electrons. The first-order chi connectivity index (χ1) is 13.0. The smallest absolute Gasteiger partial charge is 0.178 e. The van der Waals surface area contributed by atoms with E-state index in [1.807, 2.05) is 24.3 Å². The van der Waals surface area contributed by atoms with Crippen LogP contribution < -0.4 is 14.2 Å². The predicted molar refractivity (Wildman–Crippen MR) is 106 cm³/mol. The lowest BCUT2D eigenvalue weighted by Gasteiger charge is -2.30. The highest BCUT2D eigenvalue weighted by molar-refractivity contribution is 6.42. The Balaban J connectivity index is 1.66. The Bertz CT molecular complexity index is 771. The molecule has 0 saturated carbocycles. The molecule has 0 spiro atoms. The number of likely N-dealkylation sites (tertiary alicyclic amines) is 1. The number of hydrogen-bond donors (Lipinski definition) is 1. The van der Waals surface area contributed by atoms with E-state index in [0.29, 0.717) is 33.8 Å². The Morgan fingerprint density at radius 1 is 1.11 bits per heavy atom. The van der Waals surface area contributed by atoms with Gasteiger partial charge < -0.3 is 19.3 Å². The molecule has 27 heavy (non-hydrogen) atoms. The van der Waals surface area contributed by atoms with Crippen molar-refractivity contribution in [1.82, 2.24) is 4.90 Å². The third kappa shape index (κ3) is 4.99. The first-order valence-electron chi connectivity index (χ1n) is 8.81. The summed E-state index contributed by atoms with van der Waals surface area (Å²) in [7, 11) is 1.59. The summed E-state index contributed by atoms with van der Waals surface area (Å²) >= 11 is 12.0. The van der Waals surface area contributed by atoms with Crippen molar-refractivity contribution in [3.63, 3.8) is 0 Å². The summed E-state index contributed by atoms with van der Waals surface area (Å²) in [5.74, 6) is 1.90. The zero-order valence-electron chi connectivity index (χ0n) is 15.3. The molecule has 0 amide bonds. The van der Waals surface area contributed by atoms with Crippen molar-refractivity contribution >= 4 is 23.2 Å². The van der Waals surface area contributed by atoms with Gasteiger partial charge in [0, 0.05) is 19.2 Å². The van der Waals surface area contributed by atoms with E-state index in [2.05, 4.69) is 4.90 Å². The van der Waals surface area contributed by atoms with E-state index < -0.39 is 12.3 Å². The van der Waals surface area contributed by atoms with Crippen LogP contribution in [0.25, 0.3) is 0 Å². The van der Waals surface area contributed by atoms with Crippen LogP contribution in [0, 0.1) is 0 Å². The third-order valence-corrected chi connectivity index (χ3v) is 5.20. The molecular formula is C20H23Cl2NO4. The van der Waals surface area contributed by atoms with E-state index >= 15 is 0 Å². The molecule has 5 nitrogen and oxygen atoms in total. The zero-order chi connectivity index (χ0) is 19.4. The Morgan fingerprint density at radius 2 is 1.85 bits per heavy atom. The van der Waals surface area contributed by atoms with Gasteiger partial charge in [0.1, 0.15) is 18.0 Å². The van der Waals surface area contributed by atoms with Crippen molar-refractivity contribution in [3.05, 3.63) is 52.5 Å². The number of aliphatic hydroxyl groups is 1. The average molecular weight is 412 g/mol. The molecule has 2 aromatic rings. The first-order valence-corrected chi connectivity index (χ1v) is 9.57. The zero-order valence-corrected chi connectivity index (χ0v) is 16.8. The predicted octanol–water partition coefficient (Wildman–Crippen LogP) is 4.24. The van der Waals surface area contributed by atoms with Crippen LogP contribution in [0.1, 0.15) is 13.3 Å². The minimum absolute atomic E-state index is 0.0234. The van der Waals surface area contributed by atoms with Gasteiger partial charge in [-0.15, -0.1) is 0 Å². The van der Waals surface area contributed by atoms with Gasteiger partial charge in [-0.2, -0.15) is 0 Å². The molecule has 0 aromatic heterocycles. The van der Waals surface area contributed by atoms with E-state index in [0.717, 1.165) is 13.0 Å². The van der Waals surface area contributed by atoms with Gasteiger partial charge in [0.2, 0.25) is 0 Å². The Hall–Kier alpha value is -1.66. The standard InChI is InChI=1S/C20H23Cl2NO4/c1-13(24)20(27-19-6-4-3-5-18(19)25-2)23-10-9-15(12-23)26-14-7-8-16(21)17(22)11-14/h3-8,11,13,15,20,24H,9-10,12H2,1-2H3. The summed E-state index contributed by atoms with van der Waals surface area (Å²) in [5, 5.41) is 11.2. The van der Waals surface area contributed by atoms with Gasteiger partial charge in [-0.25, -0.2) is 0 Å². The van der Waals surface area contributed by atoms with Crippen molar-refractivity contribution < 1.29 is 19.3 Å². The molecule has 0 radical (unpaired) electrons. The number of halogens is 2. The van der Waals surface area contributed by atoms with E-state index in [1.54, 1.807) is 32.2 Å². The number of methoxy groups -OCH3 is 1. The number of ether oxygens (including phenoxy) is 3. The van der Waals surface area contributed by atoms with Crippen LogP contribution in [-0.2, 0) is 0 Å². The van der Waals surface area contributed by atoms with E-state index in [-0.39, 0.29) is 6.10 Å². The number of aliphatic hydroxyl groups excluding tert-OH is 1. The topological polar surface area (TPSA) is 51.2 Å².